The zero-order valence-corrected chi connectivity index (χ0v) is 13.4. The molecule has 112 valence electrons. The van der Waals surface area contributed by atoms with Crippen LogP contribution in [0.5, 0.6) is 11.5 Å². The summed E-state index contributed by atoms with van der Waals surface area (Å²) >= 11 is 3.42. The van der Waals surface area contributed by atoms with E-state index >= 15 is 0 Å². The molecule has 0 saturated heterocycles. The lowest BCUT2D eigenvalue weighted by Crippen LogP contribution is -2.00. The van der Waals surface area contributed by atoms with Crippen LogP contribution in [0.3, 0.4) is 0 Å². The Labute approximate surface area is 131 Å². The van der Waals surface area contributed by atoms with Crippen LogP contribution in [0.25, 0.3) is 0 Å². The van der Waals surface area contributed by atoms with Gasteiger partial charge in [0.05, 0.1) is 13.2 Å². The molecule has 1 N–H and O–H groups in total. The number of hydrogen-bond donors (Lipinski definition) is 1. The van der Waals surface area contributed by atoms with Crippen molar-refractivity contribution in [3.8, 4) is 11.5 Å². The van der Waals surface area contributed by atoms with Crippen molar-refractivity contribution in [1.29, 1.82) is 0 Å². The molecule has 1 atom stereocenters. The van der Waals surface area contributed by atoms with Crippen LogP contribution < -0.4 is 9.47 Å². The van der Waals surface area contributed by atoms with E-state index in [2.05, 4.69) is 15.9 Å². The molecule has 0 aromatic heterocycles. The second-order valence-electron chi connectivity index (χ2n) is 4.61. The quantitative estimate of drug-likeness (QED) is 0.873. The number of benzene rings is 2. The molecule has 0 saturated carbocycles. The van der Waals surface area contributed by atoms with E-state index < -0.39 is 11.9 Å². The van der Waals surface area contributed by atoms with E-state index in [1.807, 2.05) is 18.2 Å². The summed E-state index contributed by atoms with van der Waals surface area (Å²) in [5.74, 6) is 0.364. The first-order valence-electron chi connectivity index (χ1n) is 6.44. The van der Waals surface area contributed by atoms with E-state index in [9.17, 15) is 9.50 Å². The lowest BCUT2D eigenvalue weighted by molar-refractivity contribution is 0.198. The minimum absolute atomic E-state index is 0.147. The van der Waals surface area contributed by atoms with Crippen LogP contribution >= 0.6 is 15.9 Å². The largest absolute Gasteiger partial charge is 0.497 e. The minimum Gasteiger partial charge on any atom is -0.497 e. The van der Waals surface area contributed by atoms with Gasteiger partial charge in [-0.15, -0.1) is 0 Å². The van der Waals surface area contributed by atoms with Crippen LogP contribution in [0, 0.1) is 5.82 Å². The summed E-state index contributed by atoms with van der Waals surface area (Å²) < 4.78 is 25.4. The zero-order valence-electron chi connectivity index (χ0n) is 11.8. The third-order valence-corrected chi connectivity index (χ3v) is 3.85. The zero-order chi connectivity index (χ0) is 15.4. The Morgan fingerprint density at radius 3 is 2.62 bits per heavy atom. The van der Waals surface area contributed by atoms with Crippen molar-refractivity contribution in [2.75, 3.05) is 7.11 Å². The molecule has 0 unspecified atom stereocenters. The van der Waals surface area contributed by atoms with E-state index in [1.54, 1.807) is 20.1 Å². The maximum Gasteiger partial charge on any atom is 0.165 e. The average molecular weight is 355 g/mol. The minimum atomic E-state index is -0.707. The van der Waals surface area contributed by atoms with Gasteiger partial charge in [0.15, 0.2) is 11.6 Å². The van der Waals surface area contributed by atoms with Crippen LogP contribution in [0.4, 0.5) is 4.39 Å². The molecule has 0 aliphatic heterocycles. The van der Waals surface area contributed by atoms with Crippen molar-refractivity contribution < 1.29 is 19.0 Å². The number of ether oxygens (including phenoxy) is 2. The standard InChI is InChI=1S/C16H16BrFO3/c1-10(19)11-3-6-16(15(18)8-11)21-9-12-7-13(20-2)4-5-14(12)17/h3-8,10,19H,9H2,1-2H3/t10-/m1/s1. The first-order valence-corrected chi connectivity index (χ1v) is 7.23. The van der Waals surface area contributed by atoms with Gasteiger partial charge in [-0.3, -0.25) is 0 Å². The van der Waals surface area contributed by atoms with Gasteiger partial charge in [-0.1, -0.05) is 22.0 Å². The van der Waals surface area contributed by atoms with Gasteiger partial charge in [-0.05, 0) is 42.8 Å². The van der Waals surface area contributed by atoms with Crippen molar-refractivity contribution in [2.45, 2.75) is 19.6 Å². The normalized spacial score (nSPS) is 12.0. The molecule has 0 aliphatic rings. The molecule has 0 aliphatic carbocycles. The van der Waals surface area contributed by atoms with Crippen LogP contribution in [-0.2, 0) is 6.61 Å². The Morgan fingerprint density at radius 1 is 1.24 bits per heavy atom. The van der Waals surface area contributed by atoms with Gasteiger partial charge < -0.3 is 14.6 Å². The molecule has 21 heavy (non-hydrogen) atoms. The molecule has 0 radical (unpaired) electrons. The molecule has 0 spiro atoms. The molecule has 2 aromatic carbocycles. The van der Waals surface area contributed by atoms with Crippen LogP contribution in [0.2, 0.25) is 0 Å². The fourth-order valence-electron chi connectivity index (χ4n) is 1.84. The number of hydrogen-bond acceptors (Lipinski definition) is 3. The monoisotopic (exact) mass is 354 g/mol. The van der Waals surface area contributed by atoms with Crippen molar-refractivity contribution in [3.63, 3.8) is 0 Å². The van der Waals surface area contributed by atoms with Gasteiger partial charge in [-0.2, -0.15) is 0 Å². The molecule has 2 rings (SSSR count). The fraction of sp³-hybridized carbons (Fsp3) is 0.250. The Balaban J connectivity index is 2.13. The first-order chi connectivity index (χ1) is 10.0. The molecule has 0 amide bonds. The predicted molar refractivity (Wildman–Crippen MR) is 82.1 cm³/mol. The molecule has 5 heteroatoms. The maximum absolute atomic E-state index is 13.9. The summed E-state index contributed by atoms with van der Waals surface area (Å²) in [7, 11) is 1.59. The Bertz CT molecular complexity index is 629. The number of aliphatic hydroxyl groups excluding tert-OH is 1. The summed E-state index contributed by atoms with van der Waals surface area (Å²) in [6.45, 7) is 1.80. The molecule has 3 nitrogen and oxygen atoms in total. The lowest BCUT2D eigenvalue weighted by Gasteiger charge is -2.12. The summed E-state index contributed by atoms with van der Waals surface area (Å²) in [6.07, 6.45) is -0.707. The van der Waals surface area contributed by atoms with Crippen LogP contribution in [0.15, 0.2) is 40.9 Å². The maximum atomic E-state index is 13.9. The fourth-order valence-corrected chi connectivity index (χ4v) is 2.20. The third-order valence-electron chi connectivity index (χ3n) is 3.07. The number of rotatable bonds is 5. The van der Waals surface area contributed by atoms with Crippen molar-refractivity contribution in [1.82, 2.24) is 0 Å². The highest BCUT2D eigenvalue weighted by atomic mass is 79.9. The van der Waals surface area contributed by atoms with Gasteiger partial charge in [-0.25, -0.2) is 4.39 Å². The van der Waals surface area contributed by atoms with Gasteiger partial charge >= 0.3 is 0 Å². The highest BCUT2D eigenvalue weighted by Gasteiger charge is 2.09. The molecule has 0 fully saturated rings. The van der Waals surface area contributed by atoms with Gasteiger partial charge in [0, 0.05) is 10.0 Å². The van der Waals surface area contributed by atoms with Gasteiger partial charge in [0.2, 0.25) is 0 Å². The smallest absolute Gasteiger partial charge is 0.165 e. The molecule has 0 heterocycles. The van der Waals surface area contributed by atoms with Gasteiger partial charge in [0.1, 0.15) is 12.4 Å². The van der Waals surface area contributed by atoms with Crippen LogP contribution in [-0.4, -0.2) is 12.2 Å². The summed E-state index contributed by atoms with van der Waals surface area (Å²) in [5.41, 5.74) is 1.37. The third kappa shape index (κ3) is 3.95. The van der Waals surface area contributed by atoms with E-state index in [0.29, 0.717) is 11.3 Å². The second-order valence-corrected chi connectivity index (χ2v) is 5.47. The van der Waals surface area contributed by atoms with E-state index in [0.717, 1.165) is 10.0 Å². The van der Waals surface area contributed by atoms with E-state index in [4.69, 9.17) is 9.47 Å². The molecular weight excluding hydrogens is 339 g/mol. The van der Waals surface area contributed by atoms with Crippen molar-refractivity contribution >= 4 is 15.9 Å². The summed E-state index contributed by atoms with van der Waals surface area (Å²) in [4.78, 5) is 0. The Hall–Kier alpha value is -1.59. The number of halogens is 2. The first kappa shape index (κ1) is 15.8. The topological polar surface area (TPSA) is 38.7 Å². The average Bonchev–Trinajstić information content (AvgIpc) is 2.47. The SMILES string of the molecule is COc1ccc(Br)c(COc2ccc([C@@H](C)O)cc2F)c1. The Kier molecular flexibility index (Phi) is 5.20. The Morgan fingerprint density at radius 2 is 2.00 bits per heavy atom. The van der Waals surface area contributed by atoms with Crippen molar-refractivity contribution in [2.24, 2.45) is 0 Å². The molecule has 2 aromatic rings. The van der Waals surface area contributed by atoms with E-state index in [1.165, 1.54) is 12.1 Å². The molecule has 0 bridgehead atoms. The highest BCUT2D eigenvalue weighted by molar-refractivity contribution is 9.10. The lowest BCUT2D eigenvalue weighted by atomic mass is 10.1. The van der Waals surface area contributed by atoms with Gasteiger partial charge in [0.25, 0.3) is 0 Å². The number of methoxy groups -OCH3 is 1. The summed E-state index contributed by atoms with van der Waals surface area (Å²) in [5, 5.41) is 9.41. The second kappa shape index (κ2) is 6.91. The summed E-state index contributed by atoms with van der Waals surface area (Å²) in [6, 6.07) is 9.94. The van der Waals surface area contributed by atoms with Crippen LogP contribution in [0.1, 0.15) is 24.2 Å². The number of aliphatic hydroxyl groups is 1. The van der Waals surface area contributed by atoms with E-state index in [-0.39, 0.29) is 12.4 Å². The molecular formula is C16H16BrFO3. The van der Waals surface area contributed by atoms with Crippen molar-refractivity contribution in [3.05, 3.63) is 57.8 Å². The highest BCUT2D eigenvalue weighted by Crippen LogP contribution is 2.26. The predicted octanol–water partition coefficient (Wildman–Crippen LogP) is 4.23.